The maximum Gasteiger partial charge on any atom is 0.249 e. The van der Waals surface area contributed by atoms with Crippen LogP contribution in [0.25, 0.3) is 0 Å². The molecule has 118 valence electrons. The molecule has 0 aliphatic rings. The zero-order valence-corrected chi connectivity index (χ0v) is 12.8. The van der Waals surface area contributed by atoms with E-state index in [1.54, 1.807) is 6.92 Å². The molecule has 9 heteroatoms. The molecular weight excluding hydrogens is 311 g/mol. The van der Waals surface area contributed by atoms with Crippen LogP contribution in [0.2, 0.25) is 0 Å². The van der Waals surface area contributed by atoms with Crippen molar-refractivity contribution >= 4 is 15.7 Å². The van der Waals surface area contributed by atoms with Gasteiger partial charge in [0.1, 0.15) is 17.9 Å². The highest BCUT2D eigenvalue weighted by Gasteiger charge is 2.25. The number of nitrogens with one attached hydrogen (secondary N) is 1. The summed E-state index contributed by atoms with van der Waals surface area (Å²) >= 11 is 0. The number of aromatic nitrogens is 3. The largest absolute Gasteiger partial charge is 0.349 e. The maximum absolute atomic E-state index is 12.8. The zero-order chi connectivity index (χ0) is 16.3. The average molecular weight is 326 g/mol. The molecule has 0 saturated carbocycles. The molecule has 0 spiro atoms. The molecule has 22 heavy (non-hydrogen) atoms. The van der Waals surface area contributed by atoms with Gasteiger partial charge in [-0.2, -0.15) is 0 Å². The van der Waals surface area contributed by atoms with E-state index in [2.05, 4.69) is 15.5 Å². The summed E-state index contributed by atoms with van der Waals surface area (Å²) in [5.74, 6) is -1.78. The van der Waals surface area contributed by atoms with E-state index < -0.39 is 27.5 Å². The fourth-order valence-corrected chi connectivity index (χ4v) is 3.12. The second kappa shape index (κ2) is 6.22. The first kappa shape index (κ1) is 16.1. The Morgan fingerprint density at radius 2 is 2.00 bits per heavy atom. The highest BCUT2D eigenvalue weighted by molar-refractivity contribution is 7.91. The molecule has 7 nitrogen and oxygen atoms in total. The first-order valence-corrected chi connectivity index (χ1v) is 8.06. The molecule has 0 radical (unpaired) electrons. The molecule has 0 aliphatic heterocycles. The van der Waals surface area contributed by atoms with E-state index in [1.165, 1.54) is 42.2 Å². The SMILES string of the molecule is CC(NC(=O)CS(=O)(=O)c1nncn1C)c1ccc(F)cc1. The fourth-order valence-electron chi connectivity index (χ4n) is 1.91. The number of carbonyl (C=O) groups is 1. The van der Waals surface area contributed by atoms with Crippen LogP contribution < -0.4 is 5.32 Å². The molecular formula is C13H15FN4O3S. The van der Waals surface area contributed by atoms with Crippen LogP contribution in [-0.4, -0.2) is 34.8 Å². The van der Waals surface area contributed by atoms with Crippen molar-refractivity contribution < 1.29 is 17.6 Å². The molecule has 0 bridgehead atoms. The maximum atomic E-state index is 12.8. The van der Waals surface area contributed by atoms with Crippen LogP contribution in [-0.2, 0) is 21.7 Å². The van der Waals surface area contributed by atoms with Crippen molar-refractivity contribution in [2.45, 2.75) is 18.1 Å². The monoisotopic (exact) mass is 326 g/mol. The Hall–Kier alpha value is -2.29. The summed E-state index contributed by atoms with van der Waals surface area (Å²) in [5, 5.41) is 9.26. The Morgan fingerprint density at radius 1 is 1.36 bits per heavy atom. The Kier molecular flexibility index (Phi) is 4.55. The molecule has 2 aromatic rings. The Labute approximate surface area is 127 Å². The van der Waals surface area contributed by atoms with Crippen LogP contribution >= 0.6 is 0 Å². The third-order valence-electron chi connectivity index (χ3n) is 3.02. The zero-order valence-electron chi connectivity index (χ0n) is 12.0. The number of rotatable bonds is 5. The van der Waals surface area contributed by atoms with E-state index in [0.717, 1.165) is 0 Å². The standard InChI is InChI=1S/C13H15FN4O3S/c1-9(10-3-5-11(14)6-4-10)16-12(19)7-22(20,21)13-17-15-8-18(13)2/h3-6,8-9H,7H2,1-2H3,(H,16,19). The lowest BCUT2D eigenvalue weighted by atomic mass is 10.1. The van der Waals surface area contributed by atoms with Gasteiger partial charge in [-0.25, -0.2) is 12.8 Å². The van der Waals surface area contributed by atoms with Crippen molar-refractivity contribution in [1.82, 2.24) is 20.1 Å². The van der Waals surface area contributed by atoms with Gasteiger partial charge in [-0.05, 0) is 24.6 Å². The van der Waals surface area contributed by atoms with Crippen LogP contribution in [0.5, 0.6) is 0 Å². The number of hydrogen-bond acceptors (Lipinski definition) is 5. The average Bonchev–Trinajstić information content (AvgIpc) is 2.85. The summed E-state index contributed by atoms with van der Waals surface area (Å²) in [7, 11) is -2.39. The second-order valence-corrected chi connectivity index (χ2v) is 6.71. The molecule has 0 fully saturated rings. The number of hydrogen-bond donors (Lipinski definition) is 1. The van der Waals surface area contributed by atoms with E-state index >= 15 is 0 Å². The molecule has 1 atom stereocenters. The third-order valence-corrected chi connectivity index (χ3v) is 4.58. The quantitative estimate of drug-likeness (QED) is 0.868. The first-order chi connectivity index (χ1) is 10.3. The van der Waals surface area contributed by atoms with Gasteiger partial charge in [-0.1, -0.05) is 12.1 Å². The molecule has 1 unspecified atom stereocenters. The van der Waals surface area contributed by atoms with E-state index in [9.17, 15) is 17.6 Å². The minimum Gasteiger partial charge on any atom is -0.349 e. The molecule has 1 heterocycles. The Morgan fingerprint density at radius 3 is 2.55 bits per heavy atom. The summed E-state index contributed by atoms with van der Waals surface area (Å²) in [6.07, 6.45) is 1.24. The highest BCUT2D eigenvalue weighted by atomic mass is 32.2. The van der Waals surface area contributed by atoms with Gasteiger partial charge in [0.05, 0.1) is 6.04 Å². The van der Waals surface area contributed by atoms with Gasteiger partial charge in [0.15, 0.2) is 0 Å². The molecule has 1 aromatic heterocycles. The molecule has 1 N–H and O–H groups in total. The molecule has 1 amide bonds. The normalized spacial score (nSPS) is 12.9. The van der Waals surface area contributed by atoms with Crippen molar-refractivity contribution in [3.05, 3.63) is 42.0 Å². The summed E-state index contributed by atoms with van der Waals surface area (Å²) < 4.78 is 38.2. The van der Waals surface area contributed by atoms with Crippen LogP contribution in [0.4, 0.5) is 4.39 Å². The fraction of sp³-hybridized carbons (Fsp3) is 0.308. The lowest BCUT2D eigenvalue weighted by Gasteiger charge is -2.14. The number of halogens is 1. The van der Waals surface area contributed by atoms with Gasteiger partial charge in [0.25, 0.3) is 0 Å². The van der Waals surface area contributed by atoms with Crippen LogP contribution in [0.15, 0.2) is 35.7 Å². The minimum atomic E-state index is -3.86. The van der Waals surface area contributed by atoms with E-state index in [-0.39, 0.29) is 11.0 Å². The van der Waals surface area contributed by atoms with Crippen molar-refractivity contribution in [2.24, 2.45) is 7.05 Å². The van der Waals surface area contributed by atoms with Gasteiger partial charge in [-0.3, -0.25) is 4.79 Å². The van der Waals surface area contributed by atoms with Crippen LogP contribution in [0.3, 0.4) is 0 Å². The predicted molar refractivity (Wildman–Crippen MR) is 76.0 cm³/mol. The molecule has 1 aromatic carbocycles. The number of benzene rings is 1. The number of aryl methyl sites for hydroxylation is 1. The third kappa shape index (κ3) is 3.67. The highest BCUT2D eigenvalue weighted by Crippen LogP contribution is 2.13. The number of amides is 1. The summed E-state index contributed by atoms with van der Waals surface area (Å²) in [6.45, 7) is 1.68. The summed E-state index contributed by atoms with van der Waals surface area (Å²) in [5.41, 5.74) is 0.672. The first-order valence-electron chi connectivity index (χ1n) is 6.41. The Bertz CT molecular complexity index is 771. The number of carbonyl (C=O) groups excluding carboxylic acids is 1. The smallest absolute Gasteiger partial charge is 0.249 e. The molecule has 0 aliphatic carbocycles. The number of sulfone groups is 1. The van der Waals surface area contributed by atoms with Gasteiger partial charge >= 0.3 is 0 Å². The van der Waals surface area contributed by atoms with Gasteiger partial charge in [-0.15, -0.1) is 10.2 Å². The van der Waals surface area contributed by atoms with Gasteiger partial charge < -0.3 is 9.88 Å². The topological polar surface area (TPSA) is 93.9 Å². The van der Waals surface area contributed by atoms with Gasteiger partial charge in [0.2, 0.25) is 20.9 Å². The van der Waals surface area contributed by atoms with E-state index in [4.69, 9.17) is 0 Å². The van der Waals surface area contributed by atoms with Crippen LogP contribution in [0, 0.1) is 5.82 Å². The number of nitrogens with zero attached hydrogens (tertiary/aromatic N) is 3. The van der Waals surface area contributed by atoms with Crippen molar-refractivity contribution in [3.8, 4) is 0 Å². The molecule has 2 rings (SSSR count). The van der Waals surface area contributed by atoms with Crippen molar-refractivity contribution in [2.75, 3.05) is 5.75 Å². The van der Waals surface area contributed by atoms with Crippen molar-refractivity contribution in [3.63, 3.8) is 0 Å². The van der Waals surface area contributed by atoms with E-state index in [1.807, 2.05) is 0 Å². The predicted octanol–water partition coefficient (Wildman–Crippen LogP) is 0.605. The molecule has 0 saturated heterocycles. The van der Waals surface area contributed by atoms with E-state index in [0.29, 0.717) is 5.56 Å². The lowest BCUT2D eigenvalue weighted by Crippen LogP contribution is -2.33. The lowest BCUT2D eigenvalue weighted by molar-refractivity contribution is -0.119. The van der Waals surface area contributed by atoms with Gasteiger partial charge in [0, 0.05) is 7.05 Å². The summed E-state index contributed by atoms with van der Waals surface area (Å²) in [4.78, 5) is 11.9. The summed E-state index contributed by atoms with van der Waals surface area (Å²) in [6, 6.07) is 5.15. The van der Waals surface area contributed by atoms with Crippen LogP contribution in [0.1, 0.15) is 18.5 Å². The second-order valence-electron chi connectivity index (χ2n) is 4.82. The van der Waals surface area contributed by atoms with Crippen molar-refractivity contribution in [1.29, 1.82) is 0 Å². The Balaban J connectivity index is 2.04. The minimum absolute atomic E-state index is 0.267.